The van der Waals surface area contributed by atoms with Crippen LogP contribution in [0, 0.1) is 11.8 Å². The van der Waals surface area contributed by atoms with Gasteiger partial charge in [0.25, 0.3) is 10.0 Å². The van der Waals surface area contributed by atoms with Gasteiger partial charge in [0.15, 0.2) is 5.84 Å². The van der Waals surface area contributed by atoms with Crippen LogP contribution in [0.2, 0.25) is 0 Å². The summed E-state index contributed by atoms with van der Waals surface area (Å²) in [5.74, 6) is 1.19. The van der Waals surface area contributed by atoms with Crippen LogP contribution in [0.25, 0.3) is 0 Å². The summed E-state index contributed by atoms with van der Waals surface area (Å²) < 4.78 is 28.3. The number of hydrogen-bond acceptors (Lipinski definition) is 5. The molecule has 0 atom stereocenters. The standard InChI is InChI=1S/C17H22N4O3S.ClH/c22-17(19-11-12-9-18-10-12)13-5-7-21(8-6-13)16-14-3-1-2-4-15(14)25(23,24)20-16;/h1-4,12-13,18H,5-11H2,(H,19,22);1H. The molecule has 2 saturated heterocycles. The first-order valence-corrected chi connectivity index (χ1v) is 10.2. The minimum absolute atomic E-state index is 0. The van der Waals surface area contributed by atoms with Crippen LogP contribution >= 0.6 is 12.4 Å². The molecule has 9 heteroatoms. The summed E-state index contributed by atoms with van der Waals surface area (Å²) >= 11 is 0. The highest BCUT2D eigenvalue weighted by atomic mass is 35.5. The predicted octanol–water partition coefficient (Wildman–Crippen LogP) is 0.605. The van der Waals surface area contributed by atoms with Gasteiger partial charge in [-0.05, 0) is 25.0 Å². The van der Waals surface area contributed by atoms with E-state index in [0.29, 0.717) is 30.4 Å². The van der Waals surface area contributed by atoms with Crippen molar-refractivity contribution in [2.45, 2.75) is 17.7 Å². The smallest absolute Gasteiger partial charge is 0.285 e. The van der Waals surface area contributed by atoms with Gasteiger partial charge in [-0.1, -0.05) is 12.1 Å². The number of likely N-dealkylation sites (tertiary alicyclic amines) is 1. The summed E-state index contributed by atoms with van der Waals surface area (Å²) in [6.45, 7) is 3.99. The third-order valence-electron chi connectivity index (χ3n) is 5.21. The summed E-state index contributed by atoms with van der Waals surface area (Å²) in [6.07, 6.45) is 1.44. The largest absolute Gasteiger partial charge is 0.355 e. The van der Waals surface area contributed by atoms with E-state index in [2.05, 4.69) is 15.0 Å². The van der Waals surface area contributed by atoms with Gasteiger partial charge in [-0.25, -0.2) is 0 Å². The molecule has 142 valence electrons. The van der Waals surface area contributed by atoms with Gasteiger partial charge in [0.1, 0.15) is 4.90 Å². The maximum absolute atomic E-state index is 12.3. The topological polar surface area (TPSA) is 90.9 Å². The third-order valence-corrected chi connectivity index (χ3v) is 6.53. The minimum atomic E-state index is -3.59. The van der Waals surface area contributed by atoms with E-state index >= 15 is 0 Å². The summed E-state index contributed by atoms with van der Waals surface area (Å²) in [4.78, 5) is 14.6. The van der Waals surface area contributed by atoms with E-state index in [1.807, 2.05) is 11.0 Å². The van der Waals surface area contributed by atoms with Gasteiger partial charge >= 0.3 is 0 Å². The minimum Gasteiger partial charge on any atom is -0.355 e. The van der Waals surface area contributed by atoms with E-state index in [-0.39, 0.29) is 29.1 Å². The zero-order valence-corrected chi connectivity index (χ0v) is 16.0. The second kappa shape index (κ2) is 7.54. The lowest BCUT2D eigenvalue weighted by atomic mass is 9.94. The molecule has 4 rings (SSSR count). The molecule has 3 aliphatic rings. The van der Waals surface area contributed by atoms with Crippen LogP contribution in [-0.4, -0.2) is 57.8 Å². The maximum atomic E-state index is 12.3. The molecule has 2 fully saturated rings. The first-order chi connectivity index (χ1) is 12.0. The molecular formula is C17H23ClN4O3S. The molecule has 0 bridgehead atoms. The number of sulfonamides is 1. The highest BCUT2D eigenvalue weighted by Crippen LogP contribution is 2.29. The fourth-order valence-electron chi connectivity index (χ4n) is 3.55. The molecule has 0 saturated carbocycles. The number of carbonyl (C=O) groups excluding carboxylic acids is 1. The number of nitrogens with one attached hydrogen (secondary N) is 2. The van der Waals surface area contributed by atoms with Gasteiger partial charge in [-0.3, -0.25) is 4.79 Å². The molecule has 0 unspecified atom stereocenters. The highest BCUT2D eigenvalue weighted by molar-refractivity contribution is 7.90. The van der Waals surface area contributed by atoms with E-state index in [9.17, 15) is 13.2 Å². The van der Waals surface area contributed by atoms with E-state index in [0.717, 1.165) is 32.5 Å². The van der Waals surface area contributed by atoms with Crippen molar-refractivity contribution >= 4 is 34.2 Å². The van der Waals surface area contributed by atoms with Gasteiger partial charge in [-0.15, -0.1) is 16.8 Å². The zero-order valence-electron chi connectivity index (χ0n) is 14.3. The van der Waals surface area contributed by atoms with Crippen LogP contribution in [0.5, 0.6) is 0 Å². The molecule has 0 aliphatic carbocycles. The molecule has 0 spiro atoms. The van der Waals surface area contributed by atoms with E-state index in [1.54, 1.807) is 18.2 Å². The number of amidine groups is 1. The molecule has 1 amide bonds. The maximum Gasteiger partial charge on any atom is 0.285 e. The third kappa shape index (κ3) is 3.58. The predicted molar refractivity (Wildman–Crippen MR) is 101 cm³/mol. The molecule has 26 heavy (non-hydrogen) atoms. The van der Waals surface area contributed by atoms with Crippen LogP contribution in [0.1, 0.15) is 18.4 Å². The number of fused-ring (bicyclic) bond motifs is 1. The van der Waals surface area contributed by atoms with Crippen LogP contribution in [0.4, 0.5) is 0 Å². The molecule has 1 aromatic carbocycles. The van der Waals surface area contributed by atoms with Gasteiger partial charge in [-0.2, -0.15) is 8.42 Å². The number of halogens is 1. The second-order valence-corrected chi connectivity index (χ2v) is 8.49. The SMILES string of the molecule is Cl.O=C(NCC1CNC1)C1CCN(C2=NS(=O)(=O)c3ccccc32)CC1. The molecule has 7 nitrogen and oxygen atoms in total. The summed E-state index contributed by atoms with van der Waals surface area (Å²) in [5, 5.41) is 6.24. The van der Waals surface area contributed by atoms with Crippen molar-refractivity contribution in [3.05, 3.63) is 29.8 Å². The number of benzene rings is 1. The molecule has 2 N–H and O–H groups in total. The van der Waals surface area contributed by atoms with E-state index in [1.165, 1.54) is 0 Å². The Labute approximate surface area is 159 Å². The Balaban J connectivity index is 0.00000196. The van der Waals surface area contributed by atoms with Crippen LogP contribution in [0.3, 0.4) is 0 Å². The van der Waals surface area contributed by atoms with Crippen LogP contribution in [0.15, 0.2) is 33.6 Å². The van der Waals surface area contributed by atoms with Crippen molar-refractivity contribution in [2.75, 3.05) is 32.7 Å². The van der Waals surface area contributed by atoms with E-state index in [4.69, 9.17) is 0 Å². The van der Waals surface area contributed by atoms with Gasteiger partial charge < -0.3 is 15.5 Å². The Morgan fingerprint density at radius 1 is 1.23 bits per heavy atom. The van der Waals surface area contributed by atoms with Crippen LogP contribution < -0.4 is 10.6 Å². The fourth-order valence-corrected chi connectivity index (χ4v) is 4.78. The normalized spacial score (nSPS) is 22.0. The molecule has 3 aliphatic heterocycles. The lowest BCUT2D eigenvalue weighted by molar-refractivity contribution is -0.126. The van der Waals surface area contributed by atoms with Crippen molar-refractivity contribution in [3.63, 3.8) is 0 Å². The van der Waals surface area contributed by atoms with Crippen molar-refractivity contribution in [1.29, 1.82) is 0 Å². The van der Waals surface area contributed by atoms with Crippen LogP contribution in [-0.2, 0) is 14.8 Å². The Kier molecular flexibility index (Phi) is 5.55. The second-order valence-electron chi connectivity index (χ2n) is 6.92. The Hall–Kier alpha value is -1.64. The first kappa shape index (κ1) is 19.1. The number of amides is 1. The van der Waals surface area contributed by atoms with Crippen molar-refractivity contribution in [3.8, 4) is 0 Å². The lowest BCUT2D eigenvalue weighted by Crippen LogP contribution is -2.50. The van der Waals surface area contributed by atoms with Gasteiger partial charge in [0, 0.05) is 50.1 Å². The number of piperidine rings is 1. The average Bonchev–Trinajstić information content (AvgIpc) is 2.85. The lowest BCUT2D eigenvalue weighted by Gasteiger charge is -2.33. The van der Waals surface area contributed by atoms with Crippen molar-refractivity contribution in [2.24, 2.45) is 16.2 Å². The number of hydrogen-bond donors (Lipinski definition) is 2. The first-order valence-electron chi connectivity index (χ1n) is 8.72. The molecule has 3 heterocycles. The van der Waals surface area contributed by atoms with Gasteiger partial charge in [0.05, 0.1) is 0 Å². The summed E-state index contributed by atoms with van der Waals surface area (Å²) in [5.41, 5.74) is 0.669. The Bertz CT molecular complexity index is 815. The number of nitrogens with zero attached hydrogens (tertiary/aromatic N) is 2. The Morgan fingerprint density at radius 3 is 2.58 bits per heavy atom. The molecule has 1 aromatic rings. The number of rotatable bonds is 3. The van der Waals surface area contributed by atoms with Crippen molar-refractivity contribution in [1.82, 2.24) is 15.5 Å². The quantitative estimate of drug-likeness (QED) is 0.778. The average molecular weight is 399 g/mol. The highest BCUT2D eigenvalue weighted by Gasteiger charge is 2.34. The van der Waals surface area contributed by atoms with Gasteiger partial charge in [0.2, 0.25) is 5.91 Å². The Morgan fingerprint density at radius 2 is 1.92 bits per heavy atom. The summed E-state index contributed by atoms with van der Waals surface area (Å²) in [7, 11) is -3.59. The van der Waals surface area contributed by atoms with Crippen molar-refractivity contribution < 1.29 is 13.2 Å². The summed E-state index contributed by atoms with van der Waals surface area (Å²) in [6, 6.07) is 6.93. The fraction of sp³-hybridized carbons (Fsp3) is 0.529. The molecular weight excluding hydrogens is 376 g/mol. The zero-order chi connectivity index (χ0) is 17.4. The van der Waals surface area contributed by atoms with E-state index < -0.39 is 10.0 Å². The molecule has 0 aromatic heterocycles. The monoisotopic (exact) mass is 398 g/mol. The molecule has 0 radical (unpaired) electrons. The number of carbonyl (C=O) groups is 1.